The Balaban J connectivity index is 1.87. The van der Waals surface area contributed by atoms with Crippen LogP contribution in [0.15, 0.2) is 24.3 Å². The topological polar surface area (TPSA) is 73.4 Å². The number of nitrogens with zero attached hydrogens (tertiary/aromatic N) is 1. The zero-order valence-electron chi connectivity index (χ0n) is 11.6. The summed E-state index contributed by atoms with van der Waals surface area (Å²) in [7, 11) is 0. The highest BCUT2D eigenvalue weighted by Crippen LogP contribution is 2.26. The van der Waals surface area contributed by atoms with Gasteiger partial charge in [0.25, 0.3) is 0 Å². The minimum absolute atomic E-state index is 0.125. The van der Waals surface area contributed by atoms with E-state index in [-0.39, 0.29) is 12.3 Å². The van der Waals surface area contributed by atoms with E-state index in [1.165, 1.54) is 16.7 Å². The maximum absolute atomic E-state index is 12.5. The monoisotopic (exact) mass is 304 g/mol. The molecular weight excluding hydrogens is 288 g/mol. The van der Waals surface area contributed by atoms with Crippen molar-refractivity contribution in [1.82, 2.24) is 9.88 Å². The normalized spacial score (nSPS) is 18.3. The number of aromatic nitrogens is 1. The first-order valence-corrected chi connectivity index (χ1v) is 7.89. The van der Waals surface area contributed by atoms with Crippen LogP contribution in [-0.2, 0) is 16.0 Å². The lowest BCUT2D eigenvalue weighted by molar-refractivity contribution is -0.147. The van der Waals surface area contributed by atoms with Crippen molar-refractivity contribution in [3.8, 4) is 0 Å². The quantitative estimate of drug-likeness (QED) is 0.909. The van der Waals surface area contributed by atoms with Gasteiger partial charge in [-0.1, -0.05) is 18.2 Å². The molecule has 110 valence electrons. The molecule has 1 aliphatic rings. The first-order chi connectivity index (χ1) is 10.1. The number of para-hydroxylation sites is 1. The molecule has 0 spiro atoms. The summed E-state index contributed by atoms with van der Waals surface area (Å²) in [6.07, 6.45) is 0.236. The summed E-state index contributed by atoms with van der Waals surface area (Å²) < 4.78 is 0. The number of fused-ring (bicyclic) bond motifs is 1. The number of aromatic amines is 1. The number of rotatable bonds is 3. The first kappa shape index (κ1) is 14.0. The van der Waals surface area contributed by atoms with Crippen LogP contribution >= 0.6 is 11.8 Å². The molecule has 2 heterocycles. The molecule has 1 aromatic heterocycles. The van der Waals surface area contributed by atoms with Gasteiger partial charge in [-0.2, -0.15) is 0 Å². The van der Waals surface area contributed by atoms with Gasteiger partial charge in [-0.3, -0.25) is 4.79 Å². The molecule has 2 aromatic rings. The smallest absolute Gasteiger partial charge is 0.327 e. The minimum Gasteiger partial charge on any atom is -0.480 e. The lowest BCUT2D eigenvalue weighted by Crippen LogP contribution is -2.42. The molecule has 6 heteroatoms. The predicted molar refractivity (Wildman–Crippen MR) is 82.3 cm³/mol. The molecule has 0 radical (unpaired) electrons. The third-order valence-electron chi connectivity index (χ3n) is 3.84. The number of hydrogen-bond acceptors (Lipinski definition) is 3. The third-order valence-corrected chi connectivity index (χ3v) is 4.85. The van der Waals surface area contributed by atoms with Crippen LogP contribution in [0.4, 0.5) is 0 Å². The second kappa shape index (κ2) is 5.44. The SMILES string of the molecule is Cc1[nH]c2ccccc2c1CC(=O)N1CSC[C@H]1C(=O)O. The molecule has 2 N–H and O–H groups in total. The van der Waals surface area contributed by atoms with Gasteiger partial charge in [0.05, 0.1) is 12.3 Å². The average Bonchev–Trinajstić information content (AvgIpc) is 3.04. The van der Waals surface area contributed by atoms with E-state index < -0.39 is 12.0 Å². The van der Waals surface area contributed by atoms with Crippen molar-refractivity contribution in [1.29, 1.82) is 0 Å². The number of H-pyrrole nitrogens is 1. The number of amides is 1. The highest BCUT2D eigenvalue weighted by atomic mass is 32.2. The fraction of sp³-hybridized carbons (Fsp3) is 0.333. The van der Waals surface area contributed by atoms with Gasteiger partial charge in [0.1, 0.15) is 6.04 Å². The maximum Gasteiger partial charge on any atom is 0.327 e. The van der Waals surface area contributed by atoms with Crippen molar-refractivity contribution in [2.24, 2.45) is 0 Å². The van der Waals surface area contributed by atoms with Gasteiger partial charge in [-0.05, 0) is 18.6 Å². The highest BCUT2D eigenvalue weighted by Gasteiger charge is 2.34. The molecule has 5 nitrogen and oxygen atoms in total. The molecule has 1 aromatic carbocycles. The van der Waals surface area contributed by atoms with Crippen molar-refractivity contribution in [3.05, 3.63) is 35.5 Å². The molecule has 0 unspecified atom stereocenters. The van der Waals surface area contributed by atoms with Crippen molar-refractivity contribution >= 4 is 34.5 Å². The number of benzene rings is 1. The molecule has 1 saturated heterocycles. The Labute approximate surface area is 126 Å². The van der Waals surface area contributed by atoms with Crippen molar-refractivity contribution in [2.75, 3.05) is 11.6 Å². The Morgan fingerprint density at radius 1 is 1.43 bits per heavy atom. The van der Waals surface area contributed by atoms with E-state index in [1.807, 2.05) is 31.2 Å². The van der Waals surface area contributed by atoms with Crippen LogP contribution in [0, 0.1) is 6.92 Å². The summed E-state index contributed by atoms with van der Waals surface area (Å²) in [6, 6.07) is 7.14. The molecule has 0 saturated carbocycles. The van der Waals surface area contributed by atoms with Crippen LogP contribution in [0.3, 0.4) is 0 Å². The second-order valence-corrected chi connectivity index (χ2v) is 6.17. The lowest BCUT2D eigenvalue weighted by atomic mass is 10.1. The standard InChI is InChI=1S/C15H16N2O3S/c1-9-11(10-4-2-3-5-12(10)16-9)6-14(18)17-8-21-7-13(17)15(19)20/h2-5,13,16H,6-8H2,1H3,(H,19,20)/t13-/m0/s1. The Morgan fingerprint density at radius 3 is 2.95 bits per heavy atom. The summed E-state index contributed by atoms with van der Waals surface area (Å²) in [5.74, 6) is -0.130. The fourth-order valence-electron chi connectivity index (χ4n) is 2.71. The predicted octanol–water partition coefficient (Wildman–Crippen LogP) is 2.00. The Bertz CT molecular complexity index is 710. The summed E-state index contributed by atoms with van der Waals surface area (Å²) in [5, 5.41) is 10.2. The van der Waals surface area contributed by atoms with E-state index in [0.717, 1.165) is 22.2 Å². The van der Waals surface area contributed by atoms with E-state index in [1.54, 1.807) is 0 Å². The van der Waals surface area contributed by atoms with Crippen LogP contribution in [-0.4, -0.2) is 44.5 Å². The number of thioether (sulfide) groups is 1. The number of carbonyl (C=O) groups is 2. The number of nitrogens with one attached hydrogen (secondary N) is 1. The first-order valence-electron chi connectivity index (χ1n) is 6.74. The number of aryl methyl sites for hydroxylation is 1. The summed E-state index contributed by atoms with van der Waals surface area (Å²) in [4.78, 5) is 28.4. The second-order valence-electron chi connectivity index (χ2n) is 5.17. The van der Waals surface area contributed by atoms with Gasteiger partial charge in [-0.15, -0.1) is 11.8 Å². The van der Waals surface area contributed by atoms with E-state index >= 15 is 0 Å². The fourth-order valence-corrected chi connectivity index (χ4v) is 3.88. The van der Waals surface area contributed by atoms with E-state index in [2.05, 4.69) is 4.98 Å². The third kappa shape index (κ3) is 2.51. The van der Waals surface area contributed by atoms with Crippen molar-refractivity contribution < 1.29 is 14.7 Å². The number of carboxylic acids is 1. The Hall–Kier alpha value is -1.95. The molecule has 3 rings (SSSR count). The van der Waals surface area contributed by atoms with E-state index in [0.29, 0.717) is 11.6 Å². The van der Waals surface area contributed by atoms with Gasteiger partial charge < -0.3 is 15.0 Å². The molecule has 0 bridgehead atoms. The van der Waals surface area contributed by atoms with Crippen LogP contribution in [0.2, 0.25) is 0 Å². The van der Waals surface area contributed by atoms with Crippen LogP contribution in [0.25, 0.3) is 10.9 Å². The zero-order chi connectivity index (χ0) is 15.0. The van der Waals surface area contributed by atoms with Crippen molar-refractivity contribution in [3.63, 3.8) is 0 Å². The number of hydrogen-bond donors (Lipinski definition) is 2. The molecule has 1 fully saturated rings. The molecule has 1 atom stereocenters. The highest BCUT2D eigenvalue weighted by molar-refractivity contribution is 7.99. The van der Waals surface area contributed by atoms with Crippen LogP contribution < -0.4 is 0 Å². The van der Waals surface area contributed by atoms with Crippen molar-refractivity contribution in [2.45, 2.75) is 19.4 Å². The van der Waals surface area contributed by atoms with Gasteiger partial charge in [0.15, 0.2) is 0 Å². The maximum atomic E-state index is 12.5. The van der Waals surface area contributed by atoms with Gasteiger partial charge in [-0.25, -0.2) is 4.79 Å². The largest absolute Gasteiger partial charge is 0.480 e. The summed E-state index contributed by atoms with van der Waals surface area (Å²) in [6.45, 7) is 1.94. The Morgan fingerprint density at radius 2 is 2.19 bits per heavy atom. The molecule has 0 aliphatic carbocycles. The summed E-state index contributed by atoms with van der Waals surface area (Å²) in [5.41, 5.74) is 2.92. The summed E-state index contributed by atoms with van der Waals surface area (Å²) >= 11 is 1.48. The minimum atomic E-state index is -0.927. The van der Waals surface area contributed by atoms with E-state index in [4.69, 9.17) is 0 Å². The van der Waals surface area contributed by atoms with Crippen LogP contribution in [0.5, 0.6) is 0 Å². The lowest BCUT2D eigenvalue weighted by Gasteiger charge is -2.20. The number of carbonyl (C=O) groups excluding carboxylic acids is 1. The molecular formula is C15H16N2O3S. The molecule has 21 heavy (non-hydrogen) atoms. The van der Waals surface area contributed by atoms with Gasteiger partial charge in [0, 0.05) is 22.3 Å². The van der Waals surface area contributed by atoms with E-state index in [9.17, 15) is 14.7 Å². The van der Waals surface area contributed by atoms with Gasteiger partial charge >= 0.3 is 5.97 Å². The number of carboxylic acid groups (broad SMARTS) is 1. The van der Waals surface area contributed by atoms with Gasteiger partial charge in [0.2, 0.25) is 5.91 Å². The molecule has 1 aliphatic heterocycles. The Kier molecular flexibility index (Phi) is 3.63. The van der Waals surface area contributed by atoms with Crippen LogP contribution in [0.1, 0.15) is 11.3 Å². The molecule has 1 amide bonds. The zero-order valence-corrected chi connectivity index (χ0v) is 12.4. The number of aliphatic carboxylic acids is 1. The average molecular weight is 304 g/mol.